The van der Waals surface area contributed by atoms with Crippen LogP contribution in [0.5, 0.6) is 11.5 Å². The van der Waals surface area contributed by atoms with Crippen LogP contribution in [0, 0.1) is 0 Å². The molecule has 0 saturated carbocycles. The molecule has 18 heavy (non-hydrogen) atoms. The molecule has 6 nitrogen and oxygen atoms in total. The molecule has 0 aliphatic carbocycles. The predicted molar refractivity (Wildman–Crippen MR) is 58.9 cm³/mol. The number of aromatic hydroxyl groups is 2. The van der Waals surface area contributed by atoms with E-state index in [0.717, 1.165) is 6.07 Å². The monoisotopic (exact) mass is 280 g/mol. The van der Waals surface area contributed by atoms with E-state index in [0.29, 0.717) is 0 Å². The fraction of sp³-hybridized carbons (Fsp3) is 0. The minimum Gasteiger partial charge on any atom is -0.744 e. The maximum absolute atomic E-state index is 10.8. The summed E-state index contributed by atoms with van der Waals surface area (Å²) < 4.78 is 32.5. The Morgan fingerprint density at radius 1 is 1.06 bits per heavy atom. The largest absolute Gasteiger partial charge is 1.00 e. The predicted octanol–water partition coefficient (Wildman–Crippen LogP) is -2.67. The molecule has 0 saturated heterocycles. The van der Waals surface area contributed by atoms with Gasteiger partial charge in [0.25, 0.3) is 0 Å². The molecule has 2 rings (SSSR count). The number of phenolic OH excluding ortho intramolecular Hbond substituents is 2. The van der Waals surface area contributed by atoms with Gasteiger partial charge in [0.2, 0.25) is 0 Å². The average molecular weight is 280 g/mol. The molecule has 0 radical (unpaired) electrons. The Labute approximate surface area is 125 Å². The number of hydrogen-bond donors (Lipinski definition) is 2. The van der Waals surface area contributed by atoms with Crippen LogP contribution in [0.25, 0.3) is 10.8 Å². The van der Waals surface area contributed by atoms with E-state index in [2.05, 4.69) is 0 Å². The fourth-order valence-corrected chi connectivity index (χ4v) is 2.11. The Hall–Kier alpha value is -0.830. The first-order valence-corrected chi connectivity index (χ1v) is 5.71. The van der Waals surface area contributed by atoms with Crippen LogP contribution in [0.1, 0.15) is 0 Å². The van der Waals surface area contributed by atoms with Crippen LogP contribution in [0.2, 0.25) is 0 Å². The standard InChI is InChI=1S/C10H8O5S.Na.H2O/c11-8-5-9(16(13,14)15)10(12)7-4-2-1-3-6(7)8;;/h1-5,11-12H,(H,13,14,15);;1H2/q;+1;/p-1. The molecule has 0 aliphatic heterocycles. The molecule has 0 amide bonds. The zero-order valence-corrected chi connectivity index (χ0v) is 12.2. The molecular formula is C10H9NaO6S. The van der Waals surface area contributed by atoms with Gasteiger partial charge in [0.15, 0.2) is 0 Å². The van der Waals surface area contributed by atoms with Gasteiger partial charge in [0.05, 0.1) is 0 Å². The maximum Gasteiger partial charge on any atom is 1.00 e. The molecule has 0 fully saturated rings. The Morgan fingerprint density at radius 3 is 2.06 bits per heavy atom. The van der Waals surface area contributed by atoms with Crippen molar-refractivity contribution in [3.8, 4) is 11.5 Å². The molecule has 2 aromatic rings. The fourth-order valence-electron chi connectivity index (χ4n) is 1.51. The first-order valence-electron chi connectivity index (χ1n) is 4.31. The molecule has 8 heteroatoms. The van der Waals surface area contributed by atoms with Gasteiger partial charge >= 0.3 is 29.6 Å². The van der Waals surface area contributed by atoms with Gasteiger partial charge in [0.1, 0.15) is 26.5 Å². The Kier molecular flexibility index (Phi) is 5.60. The third kappa shape index (κ3) is 2.94. The van der Waals surface area contributed by atoms with E-state index in [1.54, 1.807) is 12.1 Å². The Morgan fingerprint density at radius 2 is 1.56 bits per heavy atom. The van der Waals surface area contributed by atoms with Crippen molar-refractivity contribution in [2.24, 2.45) is 0 Å². The third-order valence-electron chi connectivity index (χ3n) is 2.23. The van der Waals surface area contributed by atoms with Crippen molar-refractivity contribution in [3.63, 3.8) is 0 Å². The summed E-state index contributed by atoms with van der Waals surface area (Å²) in [6.45, 7) is 0. The van der Waals surface area contributed by atoms with Crippen LogP contribution in [0.3, 0.4) is 0 Å². The smallest absolute Gasteiger partial charge is 0.744 e. The normalized spacial score (nSPS) is 10.5. The van der Waals surface area contributed by atoms with Crippen LogP contribution >= 0.6 is 0 Å². The van der Waals surface area contributed by atoms with Crippen LogP contribution in [0.4, 0.5) is 0 Å². The summed E-state index contributed by atoms with van der Waals surface area (Å²) in [5.74, 6) is -0.994. The Bertz CT molecular complexity index is 667. The van der Waals surface area contributed by atoms with Crippen LogP contribution in [-0.2, 0) is 10.1 Å². The van der Waals surface area contributed by atoms with Gasteiger partial charge in [-0.2, -0.15) is 0 Å². The summed E-state index contributed by atoms with van der Waals surface area (Å²) in [6.07, 6.45) is 0. The molecule has 0 aromatic heterocycles. The third-order valence-corrected chi connectivity index (χ3v) is 3.08. The molecule has 0 unspecified atom stereocenters. The topological polar surface area (TPSA) is 129 Å². The molecule has 0 spiro atoms. The molecular weight excluding hydrogens is 271 g/mol. The molecule has 0 aliphatic rings. The summed E-state index contributed by atoms with van der Waals surface area (Å²) >= 11 is 0. The number of phenols is 2. The van der Waals surface area contributed by atoms with Gasteiger partial charge in [-0.25, -0.2) is 8.42 Å². The van der Waals surface area contributed by atoms with Crippen molar-refractivity contribution in [2.45, 2.75) is 4.90 Å². The van der Waals surface area contributed by atoms with Crippen molar-refractivity contribution in [1.29, 1.82) is 0 Å². The molecule has 0 bridgehead atoms. The Balaban J connectivity index is 0.00000144. The molecule has 4 N–H and O–H groups in total. The van der Waals surface area contributed by atoms with Gasteiger partial charge in [0, 0.05) is 16.8 Å². The second-order valence-electron chi connectivity index (χ2n) is 3.24. The van der Waals surface area contributed by atoms with Crippen molar-refractivity contribution >= 4 is 20.9 Å². The zero-order valence-electron chi connectivity index (χ0n) is 9.41. The number of rotatable bonds is 1. The maximum atomic E-state index is 10.8. The first-order chi connectivity index (χ1) is 7.41. The van der Waals surface area contributed by atoms with E-state index >= 15 is 0 Å². The summed E-state index contributed by atoms with van der Waals surface area (Å²) in [6, 6.07) is 6.85. The summed E-state index contributed by atoms with van der Waals surface area (Å²) in [7, 11) is -4.81. The van der Waals surface area contributed by atoms with Crippen molar-refractivity contribution in [3.05, 3.63) is 30.3 Å². The number of benzene rings is 2. The SMILES string of the molecule is O.O=S(=O)([O-])c1cc(O)c2ccccc2c1O.[Na+]. The van der Waals surface area contributed by atoms with E-state index in [1.807, 2.05) is 0 Å². The van der Waals surface area contributed by atoms with E-state index in [-0.39, 0.29) is 51.6 Å². The second-order valence-corrected chi connectivity index (χ2v) is 4.59. The van der Waals surface area contributed by atoms with E-state index in [1.165, 1.54) is 12.1 Å². The molecule has 92 valence electrons. The summed E-state index contributed by atoms with van der Waals surface area (Å²) in [4.78, 5) is -0.816. The number of fused-ring (bicyclic) bond motifs is 1. The van der Waals surface area contributed by atoms with Crippen LogP contribution in [0.15, 0.2) is 35.2 Å². The van der Waals surface area contributed by atoms with E-state index in [9.17, 15) is 23.2 Å². The zero-order chi connectivity index (χ0) is 11.9. The van der Waals surface area contributed by atoms with Gasteiger partial charge < -0.3 is 20.2 Å². The van der Waals surface area contributed by atoms with Gasteiger partial charge in [-0.1, -0.05) is 24.3 Å². The van der Waals surface area contributed by atoms with Crippen LogP contribution < -0.4 is 29.6 Å². The van der Waals surface area contributed by atoms with E-state index in [4.69, 9.17) is 0 Å². The van der Waals surface area contributed by atoms with Crippen molar-refractivity contribution in [1.82, 2.24) is 0 Å². The van der Waals surface area contributed by atoms with Gasteiger partial charge in [-0.05, 0) is 0 Å². The van der Waals surface area contributed by atoms with Gasteiger partial charge in [-0.3, -0.25) is 0 Å². The van der Waals surface area contributed by atoms with Crippen molar-refractivity contribution in [2.75, 3.05) is 0 Å². The molecule has 2 aromatic carbocycles. The molecule has 0 atom stereocenters. The van der Waals surface area contributed by atoms with Gasteiger partial charge in [-0.15, -0.1) is 0 Å². The second kappa shape index (κ2) is 5.87. The van der Waals surface area contributed by atoms with Crippen molar-refractivity contribution < 1.29 is 58.2 Å². The summed E-state index contributed by atoms with van der Waals surface area (Å²) in [5.41, 5.74) is 0. The first kappa shape index (κ1) is 17.2. The van der Waals surface area contributed by atoms with Crippen LogP contribution in [-0.4, -0.2) is 28.7 Å². The van der Waals surface area contributed by atoms with E-state index < -0.39 is 20.8 Å². The molecule has 0 heterocycles. The minimum atomic E-state index is -4.81. The minimum absolute atomic E-state index is 0. The average Bonchev–Trinajstić information content (AvgIpc) is 2.22. The quantitative estimate of drug-likeness (QED) is 0.334. The summed E-state index contributed by atoms with van der Waals surface area (Å²) in [5, 5.41) is 19.6. The number of hydrogen-bond acceptors (Lipinski definition) is 5.